The molecule has 0 unspecified atom stereocenters. The van der Waals surface area contributed by atoms with Gasteiger partial charge in [-0.15, -0.1) is 0 Å². The van der Waals surface area contributed by atoms with E-state index in [4.69, 9.17) is 5.73 Å². The van der Waals surface area contributed by atoms with Crippen molar-refractivity contribution in [1.29, 1.82) is 0 Å². The molecule has 13 heavy (non-hydrogen) atoms. The van der Waals surface area contributed by atoms with Gasteiger partial charge in [0.1, 0.15) is 0 Å². The zero-order valence-corrected chi connectivity index (χ0v) is 7.75. The van der Waals surface area contributed by atoms with Gasteiger partial charge in [0.15, 0.2) is 0 Å². The van der Waals surface area contributed by atoms with Crippen molar-refractivity contribution in [2.75, 3.05) is 0 Å². The third kappa shape index (κ3) is 1.61. The van der Waals surface area contributed by atoms with Crippen LogP contribution in [0, 0.1) is 0 Å². The SMILES string of the molecule is NC1(C(=O)NC2CC=CC2)CCC1. The summed E-state index contributed by atoms with van der Waals surface area (Å²) in [6, 6.07) is 0.300. The quantitative estimate of drug-likeness (QED) is 0.615. The first kappa shape index (κ1) is 8.75. The lowest BCUT2D eigenvalue weighted by molar-refractivity contribution is -0.129. The fraction of sp³-hybridized carbons (Fsp3) is 0.700. The van der Waals surface area contributed by atoms with E-state index in [2.05, 4.69) is 17.5 Å². The first-order valence-electron chi connectivity index (χ1n) is 4.95. The van der Waals surface area contributed by atoms with Crippen LogP contribution in [-0.4, -0.2) is 17.5 Å². The zero-order valence-electron chi connectivity index (χ0n) is 7.75. The van der Waals surface area contributed by atoms with Gasteiger partial charge in [-0.3, -0.25) is 4.79 Å². The fourth-order valence-corrected chi connectivity index (χ4v) is 1.85. The second-order valence-corrected chi connectivity index (χ2v) is 4.12. The maximum atomic E-state index is 11.6. The standard InChI is InChI=1S/C10H16N2O/c11-10(6-3-7-10)9(13)12-8-4-1-2-5-8/h1-2,8H,3-7,11H2,(H,12,13). The number of nitrogens with two attached hydrogens (primary N) is 1. The van der Waals surface area contributed by atoms with Crippen LogP contribution in [0.4, 0.5) is 0 Å². The normalized spacial score (nSPS) is 25.6. The first-order valence-corrected chi connectivity index (χ1v) is 4.95. The number of amides is 1. The summed E-state index contributed by atoms with van der Waals surface area (Å²) >= 11 is 0. The predicted molar refractivity (Wildman–Crippen MR) is 51.1 cm³/mol. The zero-order chi connectivity index (χ0) is 9.31. The van der Waals surface area contributed by atoms with Crippen LogP contribution in [0.5, 0.6) is 0 Å². The Labute approximate surface area is 78.4 Å². The van der Waals surface area contributed by atoms with E-state index in [1.54, 1.807) is 0 Å². The smallest absolute Gasteiger partial charge is 0.240 e. The molecule has 3 heteroatoms. The van der Waals surface area contributed by atoms with Crippen LogP contribution >= 0.6 is 0 Å². The molecular weight excluding hydrogens is 164 g/mol. The Morgan fingerprint density at radius 2 is 2.00 bits per heavy atom. The van der Waals surface area contributed by atoms with Crippen molar-refractivity contribution in [2.45, 2.75) is 43.7 Å². The number of carbonyl (C=O) groups excluding carboxylic acids is 1. The molecule has 1 amide bonds. The van der Waals surface area contributed by atoms with Gasteiger partial charge in [-0.05, 0) is 32.1 Å². The lowest BCUT2D eigenvalue weighted by Crippen LogP contribution is -2.59. The van der Waals surface area contributed by atoms with E-state index < -0.39 is 5.54 Å². The molecule has 1 saturated carbocycles. The van der Waals surface area contributed by atoms with Crippen LogP contribution in [0.15, 0.2) is 12.2 Å². The third-order valence-electron chi connectivity index (χ3n) is 3.04. The molecule has 0 aliphatic heterocycles. The fourth-order valence-electron chi connectivity index (χ4n) is 1.85. The van der Waals surface area contributed by atoms with E-state index in [1.165, 1.54) is 0 Å². The Bertz CT molecular complexity index is 235. The maximum Gasteiger partial charge on any atom is 0.240 e. The lowest BCUT2D eigenvalue weighted by atomic mass is 9.77. The summed E-state index contributed by atoms with van der Waals surface area (Å²) in [6.45, 7) is 0. The minimum Gasteiger partial charge on any atom is -0.351 e. The Morgan fingerprint density at radius 3 is 2.46 bits per heavy atom. The van der Waals surface area contributed by atoms with Crippen LogP contribution in [0.2, 0.25) is 0 Å². The van der Waals surface area contributed by atoms with Crippen LogP contribution < -0.4 is 11.1 Å². The van der Waals surface area contributed by atoms with Crippen molar-refractivity contribution in [3.05, 3.63) is 12.2 Å². The molecule has 3 N–H and O–H groups in total. The Morgan fingerprint density at radius 1 is 1.38 bits per heavy atom. The molecule has 0 aromatic heterocycles. The first-order chi connectivity index (χ1) is 6.21. The van der Waals surface area contributed by atoms with Crippen molar-refractivity contribution in [1.82, 2.24) is 5.32 Å². The molecule has 72 valence electrons. The van der Waals surface area contributed by atoms with Gasteiger partial charge in [-0.2, -0.15) is 0 Å². The van der Waals surface area contributed by atoms with Crippen LogP contribution in [0.25, 0.3) is 0 Å². The van der Waals surface area contributed by atoms with E-state index in [-0.39, 0.29) is 5.91 Å². The molecule has 1 fully saturated rings. The lowest BCUT2D eigenvalue weighted by Gasteiger charge is -2.37. The molecule has 2 aliphatic carbocycles. The molecule has 0 bridgehead atoms. The average Bonchev–Trinajstić information content (AvgIpc) is 2.52. The van der Waals surface area contributed by atoms with Gasteiger partial charge in [0, 0.05) is 6.04 Å². The summed E-state index contributed by atoms with van der Waals surface area (Å²) in [7, 11) is 0. The molecular formula is C10H16N2O. The summed E-state index contributed by atoms with van der Waals surface area (Å²) < 4.78 is 0. The molecule has 2 rings (SSSR count). The average molecular weight is 180 g/mol. The predicted octanol–water partition coefficient (Wildman–Crippen LogP) is 0.703. The van der Waals surface area contributed by atoms with Crippen molar-refractivity contribution >= 4 is 5.91 Å². The van der Waals surface area contributed by atoms with Crippen molar-refractivity contribution in [3.63, 3.8) is 0 Å². The van der Waals surface area contributed by atoms with Gasteiger partial charge in [-0.25, -0.2) is 0 Å². The summed E-state index contributed by atoms with van der Waals surface area (Å²) in [5.74, 6) is 0.0486. The Hall–Kier alpha value is -0.830. The maximum absolute atomic E-state index is 11.6. The molecule has 0 aromatic carbocycles. The minimum atomic E-state index is -0.539. The summed E-state index contributed by atoms with van der Waals surface area (Å²) in [4.78, 5) is 11.6. The van der Waals surface area contributed by atoms with E-state index in [0.29, 0.717) is 6.04 Å². The van der Waals surface area contributed by atoms with Gasteiger partial charge in [0.2, 0.25) is 5.91 Å². The highest BCUT2D eigenvalue weighted by atomic mass is 16.2. The monoisotopic (exact) mass is 180 g/mol. The number of hydrogen-bond acceptors (Lipinski definition) is 2. The molecule has 0 heterocycles. The third-order valence-corrected chi connectivity index (χ3v) is 3.04. The molecule has 0 radical (unpaired) electrons. The summed E-state index contributed by atoms with van der Waals surface area (Å²) in [5.41, 5.74) is 5.35. The second kappa shape index (κ2) is 3.14. The van der Waals surface area contributed by atoms with Gasteiger partial charge in [-0.1, -0.05) is 12.2 Å². The number of hydrogen-bond donors (Lipinski definition) is 2. The van der Waals surface area contributed by atoms with E-state index in [9.17, 15) is 4.79 Å². The Balaban J connectivity index is 1.84. The van der Waals surface area contributed by atoms with Gasteiger partial charge >= 0.3 is 0 Å². The highest BCUT2D eigenvalue weighted by Gasteiger charge is 2.40. The largest absolute Gasteiger partial charge is 0.351 e. The number of nitrogens with one attached hydrogen (secondary N) is 1. The van der Waals surface area contributed by atoms with Crippen LogP contribution in [0.3, 0.4) is 0 Å². The van der Waals surface area contributed by atoms with Crippen LogP contribution in [-0.2, 0) is 4.79 Å². The topological polar surface area (TPSA) is 55.1 Å². The highest BCUT2D eigenvalue weighted by Crippen LogP contribution is 2.29. The van der Waals surface area contributed by atoms with Crippen molar-refractivity contribution in [3.8, 4) is 0 Å². The molecule has 0 spiro atoms. The molecule has 0 saturated heterocycles. The highest BCUT2D eigenvalue weighted by molar-refractivity contribution is 5.87. The van der Waals surface area contributed by atoms with E-state index >= 15 is 0 Å². The van der Waals surface area contributed by atoms with Crippen molar-refractivity contribution in [2.24, 2.45) is 5.73 Å². The number of carbonyl (C=O) groups is 1. The molecule has 0 atom stereocenters. The molecule has 0 aromatic rings. The van der Waals surface area contributed by atoms with Gasteiger partial charge < -0.3 is 11.1 Å². The molecule has 3 nitrogen and oxygen atoms in total. The minimum absolute atomic E-state index is 0.0486. The van der Waals surface area contributed by atoms with E-state index in [0.717, 1.165) is 32.1 Å². The number of rotatable bonds is 2. The summed E-state index contributed by atoms with van der Waals surface area (Å²) in [6.07, 6.45) is 8.91. The van der Waals surface area contributed by atoms with Gasteiger partial charge in [0.05, 0.1) is 5.54 Å². The van der Waals surface area contributed by atoms with Crippen LogP contribution in [0.1, 0.15) is 32.1 Å². The second-order valence-electron chi connectivity index (χ2n) is 4.12. The molecule has 2 aliphatic rings. The summed E-state index contributed by atoms with van der Waals surface area (Å²) in [5, 5.41) is 2.99. The van der Waals surface area contributed by atoms with E-state index in [1.807, 2.05) is 0 Å². The van der Waals surface area contributed by atoms with Crippen molar-refractivity contribution < 1.29 is 4.79 Å². The Kier molecular flexibility index (Phi) is 2.12. The van der Waals surface area contributed by atoms with Gasteiger partial charge in [0.25, 0.3) is 0 Å².